The van der Waals surface area contributed by atoms with E-state index in [0.717, 1.165) is 19.3 Å². The largest absolute Gasteiger partial charge is 0.463 e. The van der Waals surface area contributed by atoms with Gasteiger partial charge in [0, 0.05) is 6.92 Å². The van der Waals surface area contributed by atoms with E-state index in [9.17, 15) is 4.79 Å². The normalized spacial score (nSPS) is 14.7. The second-order valence-electron chi connectivity index (χ2n) is 3.47. The Kier molecular flexibility index (Phi) is 6.29. The molecule has 0 unspecified atom stereocenters. The van der Waals surface area contributed by atoms with E-state index in [4.69, 9.17) is 4.74 Å². The van der Waals surface area contributed by atoms with Crippen LogP contribution < -0.4 is 0 Å². The smallest absolute Gasteiger partial charge is 0.302 e. The molecule has 0 heterocycles. The van der Waals surface area contributed by atoms with Crippen molar-refractivity contribution in [1.29, 1.82) is 0 Å². The summed E-state index contributed by atoms with van der Waals surface area (Å²) in [6.07, 6.45) is 4.83. The maximum atomic E-state index is 10.8. The Morgan fingerprint density at radius 1 is 1.62 bits per heavy atom. The fraction of sp³-hybridized carbons (Fsp3) is 0.727. The number of carbonyl (C=O) groups excluding carboxylic acids is 1. The van der Waals surface area contributed by atoms with Crippen molar-refractivity contribution < 1.29 is 9.53 Å². The maximum Gasteiger partial charge on any atom is 0.302 e. The summed E-state index contributed by atoms with van der Waals surface area (Å²) in [5.74, 6) is 0.227. The zero-order valence-corrected chi connectivity index (χ0v) is 8.88. The van der Waals surface area contributed by atoms with E-state index in [0.29, 0.717) is 5.92 Å². The van der Waals surface area contributed by atoms with Crippen molar-refractivity contribution in [3.8, 4) is 0 Å². The molecule has 0 aliphatic rings. The van der Waals surface area contributed by atoms with Gasteiger partial charge in [0.2, 0.25) is 0 Å². The summed E-state index contributed by atoms with van der Waals surface area (Å²) < 4.78 is 5.18. The fourth-order valence-electron chi connectivity index (χ4n) is 1.29. The monoisotopic (exact) mass is 184 g/mol. The SMILES string of the molecule is C=C[C@H](C)C[C@H](CCC)OC(C)=O. The molecular formula is C11H20O2. The Balaban J connectivity index is 3.92. The minimum absolute atomic E-state index is 0.0653. The fourth-order valence-corrected chi connectivity index (χ4v) is 1.29. The van der Waals surface area contributed by atoms with Crippen molar-refractivity contribution in [3.63, 3.8) is 0 Å². The van der Waals surface area contributed by atoms with Gasteiger partial charge in [0.15, 0.2) is 0 Å². The van der Waals surface area contributed by atoms with Gasteiger partial charge in [-0.05, 0) is 18.8 Å². The molecule has 0 saturated carbocycles. The molecule has 0 aromatic rings. The zero-order valence-electron chi connectivity index (χ0n) is 8.88. The van der Waals surface area contributed by atoms with Gasteiger partial charge >= 0.3 is 5.97 Å². The number of ether oxygens (including phenoxy) is 1. The predicted octanol–water partition coefficient (Wildman–Crippen LogP) is 2.93. The lowest BCUT2D eigenvalue weighted by Gasteiger charge is -2.18. The molecule has 2 atom stereocenters. The van der Waals surface area contributed by atoms with Crippen molar-refractivity contribution in [2.24, 2.45) is 5.92 Å². The number of allylic oxidation sites excluding steroid dienone is 1. The molecule has 0 rings (SSSR count). The molecule has 0 spiro atoms. The molecule has 0 aromatic heterocycles. The van der Waals surface area contributed by atoms with Crippen LogP contribution in [0.5, 0.6) is 0 Å². The molecule has 13 heavy (non-hydrogen) atoms. The molecule has 0 fully saturated rings. The van der Waals surface area contributed by atoms with Gasteiger partial charge in [-0.2, -0.15) is 0 Å². The van der Waals surface area contributed by atoms with Crippen molar-refractivity contribution in [3.05, 3.63) is 12.7 Å². The predicted molar refractivity (Wildman–Crippen MR) is 54.4 cm³/mol. The van der Waals surface area contributed by atoms with Crippen LogP contribution in [0.2, 0.25) is 0 Å². The third-order valence-corrected chi connectivity index (χ3v) is 1.98. The molecule has 0 saturated heterocycles. The molecule has 0 aliphatic heterocycles. The highest BCUT2D eigenvalue weighted by atomic mass is 16.5. The van der Waals surface area contributed by atoms with Gasteiger partial charge in [-0.25, -0.2) is 0 Å². The summed E-state index contributed by atoms with van der Waals surface area (Å²) in [6.45, 7) is 9.35. The molecule has 0 aromatic carbocycles. The summed E-state index contributed by atoms with van der Waals surface area (Å²) in [4.78, 5) is 10.8. The maximum absolute atomic E-state index is 10.8. The first kappa shape index (κ1) is 12.2. The minimum Gasteiger partial charge on any atom is -0.463 e. The van der Waals surface area contributed by atoms with Crippen LogP contribution in [-0.2, 0) is 9.53 Å². The van der Waals surface area contributed by atoms with E-state index in [1.165, 1.54) is 6.92 Å². The van der Waals surface area contributed by atoms with E-state index in [1.54, 1.807) is 0 Å². The van der Waals surface area contributed by atoms with E-state index < -0.39 is 0 Å². The van der Waals surface area contributed by atoms with E-state index in [2.05, 4.69) is 20.4 Å². The number of rotatable bonds is 6. The van der Waals surface area contributed by atoms with Gasteiger partial charge < -0.3 is 4.74 Å². The summed E-state index contributed by atoms with van der Waals surface area (Å²) in [6, 6.07) is 0. The first-order chi connectivity index (χ1) is 6.10. The molecule has 2 heteroatoms. The molecule has 76 valence electrons. The third kappa shape index (κ3) is 6.38. The quantitative estimate of drug-likeness (QED) is 0.468. The molecule has 0 amide bonds. The highest BCUT2D eigenvalue weighted by Crippen LogP contribution is 2.14. The Hall–Kier alpha value is -0.790. The summed E-state index contributed by atoms with van der Waals surface area (Å²) >= 11 is 0. The molecular weight excluding hydrogens is 164 g/mol. The van der Waals surface area contributed by atoms with Crippen molar-refractivity contribution >= 4 is 5.97 Å². The molecule has 0 radical (unpaired) electrons. The lowest BCUT2D eigenvalue weighted by molar-refractivity contribution is -0.147. The van der Waals surface area contributed by atoms with Crippen molar-refractivity contribution in [2.75, 3.05) is 0 Å². The van der Waals surface area contributed by atoms with Crippen LogP contribution in [0.1, 0.15) is 40.0 Å². The summed E-state index contributed by atoms with van der Waals surface area (Å²) in [7, 11) is 0. The second kappa shape index (κ2) is 6.70. The zero-order chi connectivity index (χ0) is 10.3. The van der Waals surface area contributed by atoms with Crippen LogP contribution in [-0.4, -0.2) is 12.1 Å². The van der Waals surface area contributed by atoms with Gasteiger partial charge in [0.05, 0.1) is 0 Å². The van der Waals surface area contributed by atoms with Crippen LogP contribution in [0.15, 0.2) is 12.7 Å². The average molecular weight is 184 g/mol. The minimum atomic E-state index is -0.185. The second-order valence-corrected chi connectivity index (χ2v) is 3.47. The topological polar surface area (TPSA) is 26.3 Å². The highest BCUT2D eigenvalue weighted by molar-refractivity contribution is 5.66. The van der Waals surface area contributed by atoms with Crippen LogP contribution >= 0.6 is 0 Å². The number of hydrogen-bond donors (Lipinski definition) is 0. The van der Waals surface area contributed by atoms with Crippen LogP contribution in [0, 0.1) is 5.92 Å². The van der Waals surface area contributed by atoms with Gasteiger partial charge in [0.1, 0.15) is 6.10 Å². The van der Waals surface area contributed by atoms with Crippen LogP contribution in [0.3, 0.4) is 0 Å². The Bertz CT molecular complexity index is 163. The van der Waals surface area contributed by atoms with Gasteiger partial charge in [0.25, 0.3) is 0 Å². The third-order valence-electron chi connectivity index (χ3n) is 1.98. The van der Waals surface area contributed by atoms with Crippen molar-refractivity contribution in [2.45, 2.75) is 46.1 Å². The first-order valence-electron chi connectivity index (χ1n) is 4.89. The Morgan fingerprint density at radius 2 is 2.23 bits per heavy atom. The molecule has 0 bridgehead atoms. The standard InChI is InChI=1S/C11H20O2/c1-5-7-11(13-10(4)12)8-9(3)6-2/h6,9,11H,2,5,7-8H2,1,3-4H3/t9-,11-/m0/s1. The molecule has 0 aliphatic carbocycles. The number of hydrogen-bond acceptors (Lipinski definition) is 2. The lowest BCUT2D eigenvalue weighted by atomic mass is 10.0. The molecule has 0 N–H and O–H groups in total. The van der Waals surface area contributed by atoms with E-state index >= 15 is 0 Å². The van der Waals surface area contributed by atoms with Gasteiger partial charge in [-0.1, -0.05) is 26.3 Å². The number of carbonyl (C=O) groups is 1. The van der Waals surface area contributed by atoms with Gasteiger partial charge in [-0.3, -0.25) is 4.79 Å². The number of esters is 1. The summed E-state index contributed by atoms with van der Waals surface area (Å²) in [5.41, 5.74) is 0. The Labute approximate surface area is 81.0 Å². The highest BCUT2D eigenvalue weighted by Gasteiger charge is 2.13. The van der Waals surface area contributed by atoms with E-state index in [-0.39, 0.29) is 12.1 Å². The summed E-state index contributed by atoms with van der Waals surface area (Å²) in [5, 5.41) is 0. The average Bonchev–Trinajstić information content (AvgIpc) is 2.03. The van der Waals surface area contributed by atoms with Gasteiger partial charge in [-0.15, -0.1) is 6.58 Å². The first-order valence-corrected chi connectivity index (χ1v) is 4.89. The van der Waals surface area contributed by atoms with Crippen LogP contribution in [0.4, 0.5) is 0 Å². The lowest BCUT2D eigenvalue weighted by Crippen LogP contribution is -2.18. The van der Waals surface area contributed by atoms with E-state index in [1.807, 2.05) is 6.08 Å². The Morgan fingerprint density at radius 3 is 2.62 bits per heavy atom. The van der Waals surface area contributed by atoms with Crippen LogP contribution in [0.25, 0.3) is 0 Å². The van der Waals surface area contributed by atoms with Crippen molar-refractivity contribution in [1.82, 2.24) is 0 Å². The molecule has 2 nitrogen and oxygen atoms in total.